The van der Waals surface area contributed by atoms with Crippen LogP contribution in [0.25, 0.3) is 0 Å². The highest BCUT2D eigenvalue weighted by atomic mass is 79.9. The fraction of sp³-hybridized carbons (Fsp3) is 0.667. The van der Waals surface area contributed by atoms with Crippen molar-refractivity contribution in [3.8, 4) is 0 Å². The van der Waals surface area contributed by atoms with Crippen LogP contribution in [0.5, 0.6) is 0 Å². The third kappa shape index (κ3) is 4.19. The SMILES string of the molecule is C=C(CCBr)OCC. The lowest BCUT2D eigenvalue weighted by molar-refractivity contribution is 0.223. The number of hydrogen-bond acceptors (Lipinski definition) is 1. The number of rotatable bonds is 4. The van der Waals surface area contributed by atoms with Gasteiger partial charge in [0.2, 0.25) is 0 Å². The maximum absolute atomic E-state index is 5.06. The molecule has 0 unspecified atom stereocenters. The highest BCUT2D eigenvalue weighted by Gasteiger charge is 1.88. The summed E-state index contributed by atoms with van der Waals surface area (Å²) >= 11 is 3.28. The van der Waals surface area contributed by atoms with E-state index in [0.29, 0.717) is 0 Å². The predicted octanol–water partition coefficient (Wildman–Crippen LogP) is 2.32. The molecule has 0 aromatic rings. The van der Waals surface area contributed by atoms with Crippen LogP contribution in [0.2, 0.25) is 0 Å². The van der Waals surface area contributed by atoms with Gasteiger partial charge in [-0.1, -0.05) is 22.5 Å². The molecule has 0 amide bonds. The number of halogens is 1. The van der Waals surface area contributed by atoms with Crippen molar-refractivity contribution < 1.29 is 4.74 Å². The molecule has 0 heterocycles. The molecule has 0 radical (unpaired) electrons. The van der Waals surface area contributed by atoms with Crippen molar-refractivity contribution in [3.05, 3.63) is 12.3 Å². The van der Waals surface area contributed by atoms with Gasteiger partial charge in [-0.3, -0.25) is 0 Å². The van der Waals surface area contributed by atoms with Gasteiger partial charge in [-0.25, -0.2) is 0 Å². The first kappa shape index (κ1) is 8.02. The van der Waals surface area contributed by atoms with E-state index in [4.69, 9.17) is 4.74 Å². The zero-order chi connectivity index (χ0) is 6.41. The van der Waals surface area contributed by atoms with Crippen molar-refractivity contribution in [2.24, 2.45) is 0 Å². The van der Waals surface area contributed by atoms with Crippen LogP contribution in [-0.2, 0) is 4.74 Å². The molecule has 0 bridgehead atoms. The second-order valence-corrected chi connectivity index (χ2v) is 2.20. The summed E-state index contributed by atoms with van der Waals surface area (Å²) in [5.74, 6) is 0.865. The Balaban J connectivity index is 3.06. The van der Waals surface area contributed by atoms with E-state index in [1.54, 1.807) is 0 Å². The minimum atomic E-state index is 0.728. The lowest BCUT2D eigenvalue weighted by Crippen LogP contribution is -1.89. The van der Waals surface area contributed by atoms with Gasteiger partial charge in [-0.05, 0) is 6.92 Å². The predicted molar refractivity (Wildman–Crippen MR) is 39.2 cm³/mol. The maximum Gasteiger partial charge on any atom is 0.0896 e. The molecule has 0 aliphatic heterocycles. The van der Waals surface area contributed by atoms with E-state index in [-0.39, 0.29) is 0 Å². The normalized spacial score (nSPS) is 8.75. The summed E-state index contributed by atoms with van der Waals surface area (Å²) in [5.41, 5.74) is 0. The molecule has 0 aromatic heterocycles. The van der Waals surface area contributed by atoms with Gasteiger partial charge in [0, 0.05) is 11.8 Å². The van der Waals surface area contributed by atoms with E-state index < -0.39 is 0 Å². The zero-order valence-electron chi connectivity index (χ0n) is 5.11. The summed E-state index contributed by atoms with van der Waals surface area (Å²) in [5, 5.41) is 0.936. The first-order valence-corrected chi connectivity index (χ1v) is 3.80. The lowest BCUT2D eigenvalue weighted by Gasteiger charge is -2.02. The Bertz CT molecular complexity index is 62.9. The largest absolute Gasteiger partial charge is 0.499 e. The molecule has 0 aromatic carbocycles. The van der Waals surface area contributed by atoms with Crippen LogP contribution < -0.4 is 0 Å². The van der Waals surface area contributed by atoms with Crippen molar-refractivity contribution in [1.29, 1.82) is 0 Å². The van der Waals surface area contributed by atoms with Gasteiger partial charge >= 0.3 is 0 Å². The van der Waals surface area contributed by atoms with E-state index in [2.05, 4.69) is 22.5 Å². The first-order valence-electron chi connectivity index (χ1n) is 2.67. The molecule has 0 N–H and O–H groups in total. The maximum atomic E-state index is 5.06. The standard InChI is InChI=1S/C6H11BrO/c1-3-8-6(2)4-5-7/h2-5H2,1H3. The molecule has 8 heavy (non-hydrogen) atoms. The van der Waals surface area contributed by atoms with Crippen LogP contribution in [0.4, 0.5) is 0 Å². The summed E-state index contributed by atoms with van der Waals surface area (Å²) in [7, 11) is 0. The van der Waals surface area contributed by atoms with Crippen LogP contribution in [0, 0.1) is 0 Å². The zero-order valence-corrected chi connectivity index (χ0v) is 6.70. The summed E-state index contributed by atoms with van der Waals surface area (Å²) < 4.78 is 5.06. The monoisotopic (exact) mass is 178 g/mol. The molecule has 0 fully saturated rings. The van der Waals surface area contributed by atoms with Crippen LogP contribution in [0.15, 0.2) is 12.3 Å². The Hall–Kier alpha value is 0.0200. The van der Waals surface area contributed by atoms with Gasteiger partial charge in [0.05, 0.1) is 12.4 Å². The van der Waals surface area contributed by atoms with Crippen LogP contribution in [0.1, 0.15) is 13.3 Å². The Morgan fingerprint density at radius 1 is 1.75 bits per heavy atom. The number of hydrogen-bond donors (Lipinski definition) is 0. The van der Waals surface area contributed by atoms with Gasteiger partial charge < -0.3 is 4.74 Å². The molecule has 48 valence electrons. The molecule has 0 aliphatic carbocycles. The second-order valence-electron chi connectivity index (χ2n) is 1.41. The molecule has 0 aliphatic rings. The van der Waals surface area contributed by atoms with Gasteiger partial charge in [0.15, 0.2) is 0 Å². The molecule has 0 spiro atoms. The number of allylic oxidation sites excluding steroid dienone is 1. The van der Waals surface area contributed by atoms with Gasteiger partial charge in [0.25, 0.3) is 0 Å². The topological polar surface area (TPSA) is 9.23 Å². The van der Waals surface area contributed by atoms with Crippen molar-refractivity contribution in [2.75, 3.05) is 11.9 Å². The summed E-state index contributed by atoms with van der Waals surface area (Å²) in [4.78, 5) is 0. The Kier molecular flexibility index (Phi) is 5.18. The Morgan fingerprint density at radius 2 is 2.38 bits per heavy atom. The first-order chi connectivity index (χ1) is 3.81. The lowest BCUT2D eigenvalue weighted by atomic mass is 10.4. The Labute approximate surface area is 58.9 Å². The summed E-state index contributed by atoms with van der Waals surface area (Å²) in [6, 6.07) is 0. The van der Waals surface area contributed by atoms with Gasteiger partial charge in [-0.2, -0.15) is 0 Å². The molecular weight excluding hydrogens is 168 g/mol. The van der Waals surface area contributed by atoms with Crippen molar-refractivity contribution in [3.63, 3.8) is 0 Å². The molecule has 0 saturated carbocycles. The van der Waals surface area contributed by atoms with Gasteiger partial charge in [0.1, 0.15) is 0 Å². The molecular formula is C6H11BrO. The average molecular weight is 179 g/mol. The quantitative estimate of drug-likeness (QED) is 0.475. The van der Waals surface area contributed by atoms with E-state index in [1.807, 2.05) is 6.92 Å². The highest BCUT2D eigenvalue weighted by molar-refractivity contribution is 9.09. The number of ether oxygens (including phenoxy) is 1. The molecule has 1 nitrogen and oxygen atoms in total. The fourth-order valence-electron chi connectivity index (χ4n) is 0.382. The minimum absolute atomic E-state index is 0.728. The Morgan fingerprint density at radius 3 is 2.75 bits per heavy atom. The van der Waals surface area contributed by atoms with E-state index in [1.165, 1.54) is 0 Å². The van der Waals surface area contributed by atoms with Crippen LogP contribution in [0.3, 0.4) is 0 Å². The smallest absolute Gasteiger partial charge is 0.0896 e. The molecule has 0 rings (SSSR count). The average Bonchev–Trinajstić information content (AvgIpc) is 1.68. The number of alkyl halides is 1. The fourth-order valence-corrected chi connectivity index (χ4v) is 0.824. The van der Waals surface area contributed by atoms with Crippen molar-refractivity contribution in [2.45, 2.75) is 13.3 Å². The summed E-state index contributed by atoms with van der Waals surface area (Å²) in [6.45, 7) is 6.37. The summed E-state index contributed by atoms with van der Waals surface area (Å²) in [6.07, 6.45) is 0.911. The van der Waals surface area contributed by atoms with Gasteiger partial charge in [-0.15, -0.1) is 0 Å². The van der Waals surface area contributed by atoms with Crippen LogP contribution >= 0.6 is 15.9 Å². The second kappa shape index (κ2) is 5.16. The third-order valence-electron chi connectivity index (χ3n) is 0.722. The minimum Gasteiger partial charge on any atom is -0.499 e. The molecule has 0 saturated heterocycles. The van der Waals surface area contributed by atoms with Crippen molar-refractivity contribution in [1.82, 2.24) is 0 Å². The highest BCUT2D eigenvalue weighted by Crippen LogP contribution is 2.01. The van der Waals surface area contributed by atoms with E-state index in [0.717, 1.165) is 24.1 Å². The van der Waals surface area contributed by atoms with E-state index >= 15 is 0 Å². The third-order valence-corrected chi connectivity index (χ3v) is 1.12. The molecule has 2 heteroatoms. The van der Waals surface area contributed by atoms with Crippen molar-refractivity contribution >= 4 is 15.9 Å². The molecule has 0 atom stereocenters. The van der Waals surface area contributed by atoms with E-state index in [9.17, 15) is 0 Å². The van der Waals surface area contributed by atoms with Crippen LogP contribution in [-0.4, -0.2) is 11.9 Å².